The van der Waals surface area contributed by atoms with Gasteiger partial charge in [-0.05, 0) is 42.7 Å². The van der Waals surface area contributed by atoms with Crippen LogP contribution in [0.25, 0.3) is 0 Å². The average molecular weight is 315 g/mol. The van der Waals surface area contributed by atoms with Crippen LogP contribution in [0.2, 0.25) is 5.02 Å². The summed E-state index contributed by atoms with van der Waals surface area (Å²) in [6, 6.07) is 13.5. The number of benzene rings is 1. The molecule has 1 fully saturated rings. The third-order valence-electron chi connectivity index (χ3n) is 4.18. The molecule has 0 aliphatic carbocycles. The molecule has 1 aromatic heterocycles. The minimum Gasteiger partial charge on any atom is -0.337 e. The fourth-order valence-corrected chi connectivity index (χ4v) is 3.11. The molecular formula is C18H19ClN2O. The van der Waals surface area contributed by atoms with Crippen LogP contribution in [-0.4, -0.2) is 28.9 Å². The van der Waals surface area contributed by atoms with Crippen LogP contribution in [0.4, 0.5) is 0 Å². The highest BCUT2D eigenvalue weighted by Crippen LogP contribution is 2.28. The van der Waals surface area contributed by atoms with Crippen molar-refractivity contribution in [3.8, 4) is 0 Å². The van der Waals surface area contributed by atoms with Gasteiger partial charge in [-0.15, -0.1) is 0 Å². The van der Waals surface area contributed by atoms with Gasteiger partial charge in [0.2, 0.25) is 0 Å². The molecule has 1 amide bonds. The van der Waals surface area contributed by atoms with Crippen LogP contribution in [-0.2, 0) is 0 Å². The number of hydrogen-bond donors (Lipinski definition) is 0. The zero-order valence-electron chi connectivity index (χ0n) is 12.4. The van der Waals surface area contributed by atoms with Crippen LogP contribution >= 0.6 is 11.6 Å². The van der Waals surface area contributed by atoms with Gasteiger partial charge in [-0.1, -0.05) is 36.2 Å². The highest BCUT2D eigenvalue weighted by Gasteiger charge is 2.24. The molecule has 0 saturated carbocycles. The van der Waals surface area contributed by atoms with Crippen molar-refractivity contribution in [3.05, 3.63) is 64.9 Å². The van der Waals surface area contributed by atoms with Crippen LogP contribution in [0.5, 0.6) is 0 Å². The number of likely N-dealkylation sites (tertiary alicyclic amines) is 1. The molecule has 0 spiro atoms. The van der Waals surface area contributed by atoms with E-state index in [1.54, 1.807) is 12.3 Å². The summed E-state index contributed by atoms with van der Waals surface area (Å²) in [6.07, 6.45) is 4.96. The summed E-state index contributed by atoms with van der Waals surface area (Å²) in [4.78, 5) is 18.8. The average Bonchev–Trinajstić information content (AvgIpc) is 2.82. The van der Waals surface area contributed by atoms with Gasteiger partial charge in [-0.3, -0.25) is 9.78 Å². The first-order chi connectivity index (χ1) is 10.7. The van der Waals surface area contributed by atoms with Gasteiger partial charge in [0.25, 0.3) is 5.91 Å². The maximum absolute atomic E-state index is 12.6. The first-order valence-corrected chi connectivity index (χ1v) is 8.07. The number of nitrogens with zero attached hydrogens (tertiary/aromatic N) is 2. The van der Waals surface area contributed by atoms with E-state index in [1.165, 1.54) is 5.56 Å². The Labute approximate surface area is 135 Å². The maximum atomic E-state index is 12.6. The van der Waals surface area contributed by atoms with Gasteiger partial charge in [-0.25, -0.2) is 0 Å². The molecule has 0 unspecified atom stereocenters. The van der Waals surface area contributed by atoms with Gasteiger partial charge in [0.1, 0.15) is 5.69 Å². The van der Waals surface area contributed by atoms with Gasteiger partial charge in [0.15, 0.2) is 0 Å². The topological polar surface area (TPSA) is 33.2 Å². The number of aromatic nitrogens is 1. The normalized spacial score (nSPS) is 18.8. The quantitative estimate of drug-likeness (QED) is 0.834. The number of halogens is 1. The van der Waals surface area contributed by atoms with E-state index >= 15 is 0 Å². The number of hydrogen-bond acceptors (Lipinski definition) is 2. The van der Waals surface area contributed by atoms with E-state index in [2.05, 4.69) is 17.1 Å². The van der Waals surface area contributed by atoms with Crippen molar-refractivity contribution in [1.29, 1.82) is 0 Å². The highest BCUT2D eigenvalue weighted by molar-refractivity contribution is 6.30. The third-order valence-corrected chi connectivity index (χ3v) is 4.44. The van der Waals surface area contributed by atoms with E-state index in [9.17, 15) is 4.79 Å². The lowest BCUT2D eigenvalue weighted by Crippen LogP contribution is -2.34. The van der Waals surface area contributed by atoms with Crippen molar-refractivity contribution >= 4 is 17.5 Å². The predicted molar refractivity (Wildman–Crippen MR) is 88.2 cm³/mol. The molecule has 2 heterocycles. The Hall–Kier alpha value is -1.87. The minimum absolute atomic E-state index is 0.0291. The Morgan fingerprint density at radius 3 is 2.68 bits per heavy atom. The van der Waals surface area contributed by atoms with E-state index in [-0.39, 0.29) is 5.91 Å². The lowest BCUT2D eigenvalue weighted by Gasteiger charge is -2.24. The largest absolute Gasteiger partial charge is 0.337 e. The molecule has 0 radical (unpaired) electrons. The smallest absolute Gasteiger partial charge is 0.272 e. The van der Waals surface area contributed by atoms with Crippen molar-refractivity contribution < 1.29 is 4.79 Å². The second kappa shape index (κ2) is 6.93. The van der Waals surface area contributed by atoms with Gasteiger partial charge in [-0.2, -0.15) is 0 Å². The first-order valence-electron chi connectivity index (χ1n) is 7.70. The molecule has 3 nitrogen and oxygen atoms in total. The lowest BCUT2D eigenvalue weighted by molar-refractivity contribution is 0.0748. The fraction of sp³-hybridized carbons (Fsp3) is 0.333. The summed E-state index contributed by atoms with van der Waals surface area (Å²) in [7, 11) is 0. The Bertz CT molecular complexity index is 627. The van der Waals surface area contributed by atoms with Crippen LogP contribution in [0, 0.1) is 0 Å². The van der Waals surface area contributed by atoms with Crippen LogP contribution in [0.15, 0.2) is 48.7 Å². The third kappa shape index (κ3) is 3.47. The fourth-order valence-electron chi connectivity index (χ4n) is 2.98. The molecule has 1 aromatic carbocycles. The lowest BCUT2D eigenvalue weighted by atomic mass is 9.94. The second-order valence-corrected chi connectivity index (χ2v) is 6.15. The maximum Gasteiger partial charge on any atom is 0.272 e. The van der Waals surface area contributed by atoms with E-state index < -0.39 is 0 Å². The zero-order valence-corrected chi connectivity index (χ0v) is 13.2. The molecule has 4 heteroatoms. The molecule has 3 rings (SSSR count). The minimum atomic E-state index is 0.0291. The van der Waals surface area contributed by atoms with Crippen molar-refractivity contribution in [2.75, 3.05) is 13.1 Å². The Balaban J connectivity index is 1.78. The number of amides is 1. The van der Waals surface area contributed by atoms with Gasteiger partial charge >= 0.3 is 0 Å². The van der Waals surface area contributed by atoms with Crippen LogP contribution in [0.3, 0.4) is 0 Å². The van der Waals surface area contributed by atoms with E-state index in [0.717, 1.165) is 37.4 Å². The standard InChI is InChI=1S/C18H19ClN2O/c19-16-9-7-14(8-10-16)15-5-2-4-12-21(13-15)18(22)17-6-1-3-11-20-17/h1,3,6-11,15H,2,4-5,12-13H2/t15-/m1/s1. The zero-order chi connectivity index (χ0) is 15.4. The summed E-state index contributed by atoms with van der Waals surface area (Å²) in [6.45, 7) is 1.55. The summed E-state index contributed by atoms with van der Waals surface area (Å²) < 4.78 is 0. The molecule has 1 saturated heterocycles. The molecule has 22 heavy (non-hydrogen) atoms. The van der Waals surface area contributed by atoms with Crippen molar-refractivity contribution in [2.24, 2.45) is 0 Å². The highest BCUT2D eigenvalue weighted by atomic mass is 35.5. The molecule has 1 atom stereocenters. The SMILES string of the molecule is O=C(c1ccccn1)N1CCCC[C@@H](c2ccc(Cl)cc2)C1. The summed E-state index contributed by atoms with van der Waals surface area (Å²) in [5.74, 6) is 0.397. The van der Waals surface area contributed by atoms with Gasteiger partial charge < -0.3 is 4.90 Å². The van der Waals surface area contributed by atoms with Crippen molar-refractivity contribution in [1.82, 2.24) is 9.88 Å². The summed E-state index contributed by atoms with van der Waals surface area (Å²) in [5, 5.41) is 0.749. The second-order valence-electron chi connectivity index (χ2n) is 5.71. The molecule has 0 bridgehead atoms. The number of carbonyl (C=O) groups is 1. The number of rotatable bonds is 2. The van der Waals surface area contributed by atoms with Crippen molar-refractivity contribution in [2.45, 2.75) is 25.2 Å². The Kier molecular flexibility index (Phi) is 4.74. The first kappa shape index (κ1) is 15.0. The molecule has 2 aromatic rings. The predicted octanol–water partition coefficient (Wildman–Crippen LogP) is 4.14. The summed E-state index contributed by atoms with van der Waals surface area (Å²) in [5.41, 5.74) is 1.78. The molecular weight excluding hydrogens is 296 g/mol. The molecule has 0 N–H and O–H groups in total. The van der Waals surface area contributed by atoms with E-state index in [1.807, 2.05) is 29.2 Å². The van der Waals surface area contributed by atoms with Crippen molar-refractivity contribution in [3.63, 3.8) is 0 Å². The van der Waals surface area contributed by atoms with Gasteiger partial charge in [0.05, 0.1) is 0 Å². The van der Waals surface area contributed by atoms with Gasteiger partial charge in [0, 0.05) is 30.2 Å². The van der Waals surface area contributed by atoms with Crippen LogP contribution in [0.1, 0.15) is 41.2 Å². The molecule has 1 aliphatic heterocycles. The summed E-state index contributed by atoms with van der Waals surface area (Å²) >= 11 is 5.97. The number of carbonyl (C=O) groups excluding carboxylic acids is 1. The van der Waals surface area contributed by atoms with Crippen LogP contribution < -0.4 is 0 Å². The van der Waals surface area contributed by atoms with E-state index in [0.29, 0.717) is 11.6 Å². The molecule has 114 valence electrons. The Morgan fingerprint density at radius 1 is 1.14 bits per heavy atom. The number of pyridine rings is 1. The monoisotopic (exact) mass is 314 g/mol. The molecule has 1 aliphatic rings. The Morgan fingerprint density at radius 2 is 1.95 bits per heavy atom. The van der Waals surface area contributed by atoms with E-state index in [4.69, 9.17) is 11.6 Å².